The summed E-state index contributed by atoms with van der Waals surface area (Å²) in [5.74, 6) is 3.21. The summed E-state index contributed by atoms with van der Waals surface area (Å²) in [5, 5.41) is 0. The Balaban J connectivity index is 0.00000289. The van der Waals surface area contributed by atoms with Crippen molar-refractivity contribution < 1.29 is 6.22 Å². The quantitative estimate of drug-likeness (QED) is 0.475. The summed E-state index contributed by atoms with van der Waals surface area (Å²) in [6.45, 7) is 13.2. The minimum Gasteiger partial charge on any atom is -0.337 e. The zero-order valence-corrected chi connectivity index (χ0v) is 22.0. The van der Waals surface area contributed by atoms with Crippen LogP contribution in [0.25, 0.3) is 0 Å². The maximum absolute atomic E-state index is 13.0. The van der Waals surface area contributed by atoms with Gasteiger partial charge in [0, 0.05) is 32.2 Å². The van der Waals surface area contributed by atoms with Gasteiger partial charge < -0.3 is 10.6 Å². The minimum absolute atomic E-state index is 0. The molecule has 4 heteroatoms. The van der Waals surface area contributed by atoms with Gasteiger partial charge in [0.2, 0.25) is 5.91 Å². The average molecular weight is 468 g/mol. The van der Waals surface area contributed by atoms with Gasteiger partial charge in [-0.25, -0.2) is 0 Å². The van der Waals surface area contributed by atoms with Gasteiger partial charge in [0.15, 0.2) is 0 Å². The highest BCUT2D eigenvalue weighted by atomic mass is 16.2. The van der Waals surface area contributed by atoms with E-state index in [0.717, 1.165) is 30.6 Å². The second-order valence-electron chi connectivity index (χ2n) is 12.8. The van der Waals surface area contributed by atoms with E-state index < -0.39 is 0 Å². The minimum atomic E-state index is 0. The molecule has 0 aromatic heterocycles. The van der Waals surface area contributed by atoms with Crippen LogP contribution in [-0.4, -0.2) is 42.2 Å². The monoisotopic (exact) mass is 467 g/mol. The number of carbonyl (C=O) groups is 1. The Bertz CT molecular complexity index is 892. The Morgan fingerprint density at radius 2 is 1.94 bits per heavy atom. The molecule has 0 aromatic carbocycles. The summed E-state index contributed by atoms with van der Waals surface area (Å²) in [5.41, 5.74) is 10.8. The molecule has 0 spiro atoms. The normalized spacial score (nSPS) is 40.1. The molecular weight excluding hydrogens is 418 g/mol. The molecule has 2 N–H and O–H groups in total. The van der Waals surface area contributed by atoms with Crippen LogP contribution < -0.4 is 5.73 Å². The molecule has 0 radical (unpaired) electrons. The lowest BCUT2D eigenvalue weighted by Crippen LogP contribution is -2.50. The Hall–Kier alpha value is -1.42. The fraction of sp³-hybridized carbons (Fsp3) is 0.800. The molecule has 4 fully saturated rings. The largest absolute Gasteiger partial charge is 0.337 e. The zero-order chi connectivity index (χ0) is 24.1. The predicted octanol–water partition coefficient (Wildman–Crippen LogP) is 6.17. The van der Waals surface area contributed by atoms with E-state index in [0.29, 0.717) is 42.4 Å². The Morgan fingerprint density at radius 3 is 2.65 bits per heavy atom. The summed E-state index contributed by atoms with van der Waals surface area (Å²) in [4.78, 5) is 19.9. The molecule has 5 aliphatic carbocycles. The van der Waals surface area contributed by atoms with Crippen molar-refractivity contribution in [3.63, 3.8) is 0 Å². The maximum atomic E-state index is 13.0. The third-order valence-corrected chi connectivity index (χ3v) is 11.3. The summed E-state index contributed by atoms with van der Waals surface area (Å²) < 4.78 is 0. The van der Waals surface area contributed by atoms with Crippen LogP contribution in [0.5, 0.6) is 0 Å². The highest BCUT2D eigenvalue weighted by Gasteiger charge is 2.59. The van der Waals surface area contributed by atoms with Crippen molar-refractivity contribution >= 4 is 11.6 Å². The smallest absolute Gasteiger partial charge is 0.244 e. The lowest BCUT2D eigenvalue weighted by molar-refractivity contribution is -0.133. The van der Waals surface area contributed by atoms with Crippen molar-refractivity contribution in [3.8, 4) is 0 Å². The fourth-order valence-electron chi connectivity index (χ4n) is 9.08. The molecule has 0 aliphatic heterocycles. The summed E-state index contributed by atoms with van der Waals surface area (Å²) in [7, 11) is 0. The van der Waals surface area contributed by atoms with Crippen LogP contribution in [-0.2, 0) is 4.79 Å². The van der Waals surface area contributed by atoms with Gasteiger partial charge in [-0.2, -0.15) is 0 Å². The molecule has 6 atom stereocenters. The number of carbonyl (C=O) groups excluding carboxylic acids is 1. The molecule has 0 bridgehead atoms. The van der Waals surface area contributed by atoms with E-state index in [9.17, 15) is 4.79 Å². The maximum Gasteiger partial charge on any atom is 0.244 e. The van der Waals surface area contributed by atoms with Crippen LogP contribution in [0.2, 0.25) is 0 Å². The van der Waals surface area contributed by atoms with Crippen LogP contribution in [0.15, 0.2) is 28.8 Å². The van der Waals surface area contributed by atoms with Crippen LogP contribution in [0, 0.1) is 34.5 Å². The lowest BCUT2D eigenvalue weighted by Gasteiger charge is -2.58. The first-order valence-corrected chi connectivity index (χ1v) is 14.2. The molecule has 4 nitrogen and oxygen atoms in total. The molecule has 5 aliphatic rings. The van der Waals surface area contributed by atoms with Gasteiger partial charge in [-0.05, 0) is 106 Å². The molecular formula is C30H49N3O. The highest BCUT2D eigenvalue weighted by molar-refractivity contribution is 5.88. The number of aliphatic imine (C=N–C) groups is 1. The molecule has 0 aromatic rings. The average Bonchev–Trinajstić information content (AvgIpc) is 3.13. The van der Waals surface area contributed by atoms with Crippen LogP contribution in [0.4, 0.5) is 0 Å². The van der Waals surface area contributed by atoms with E-state index in [1.807, 2.05) is 4.90 Å². The van der Waals surface area contributed by atoms with Crippen LogP contribution in [0.1, 0.15) is 92.8 Å². The number of hydrogen-bond acceptors (Lipinski definition) is 3. The van der Waals surface area contributed by atoms with Gasteiger partial charge in [0.1, 0.15) is 6.54 Å². The number of nitrogens with zero attached hydrogens (tertiary/aromatic N) is 2. The number of rotatable bonds is 6. The number of amides is 1. The third-order valence-electron chi connectivity index (χ3n) is 11.3. The standard InChI is InChI=1S/C30H47N3O.H2/c1-20-12-14-29(3)22(18-20)8-9-24-26-11-10-25(30(26,4)15-13-27(24)29)21(2)32-19-28(34)33(17-16-31)23-6-5-7-23;/h18,23-27H,1,5-17,19,31H2,2-4H3;1H. The number of nitrogens with two attached hydrogens (primary N) is 1. The first kappa shape index (κ1) is 24.3. The van der Waals surface area contributed by atoms with E-state index in [4.69, 9.17) is 10.7 Å². The molecule has 190 valence electrons. The lowest BCUT2D eigenvalue weighted by atomic mass is 9.46. The first-order valence-electron chi connectivity index (χ1n) is 14.2. The SMILES string of the molecule is C=C1C=C2CCC3C(CCC4(C)C(C(C)=NCC(=O)N(CCN)C5CCC5)CCC34)C2(C)CC1.[HH]. The van der Waals surface area contributed by atoms with E-state index in [2.05, 4.69) is 33.4 Å². The summed E-state index contributed by atoms with van der Waals surface area (Å²) in [6.07, 6.45) is 16.3. The molecule has 4 saturated carbocycles. The molecule has 1 amide bonds. The Morgan fingerprint density at radius 1 is 1.15 bits per heavy atom. The highest BCUT2D eigenvalue weighted by Crippen LogP contribution is 2.67. The Kier molecular flexibility index (Phi) is 6.59. The van der Waals surface area contributed by atoms with Gasteiger partial charge in [-0.3, -0.25) is 9.79 Å². The van der Waals surface area contributed by atoms with Gasteiger partial charge >= 0.3 is 0 Å². The van der Waals surface area contributed by atoms with E-state index in [-0.39, 0.29) is 7.33 Å². The predicted molar refractivity (Wildman–Crippen MR) is 143 cm³/mol. The number of allylic oxidation sites excluding steroid dienone is 3. The van der Waals surface area contributed by atoms with E-state index in [1.54, 1.807) is 5.57 Å². The van der Waals surface area contributed by atoms with Crippen molar-refractivity contribution in [2.75, 3.05) is 19.6 Å². The second-order valence-corrected chi connectivity index (χ2v) is 12.8. The topological polar surface area (TPSA) is 58.7 Å². The Labute approximate surface area is 209 Å². The molecule has 0 heterocycles. The van der Waals surface area contributed by atoms with Crippen molar-refractivity contribution in [2.45, 2.75) is 97.4 Å². The van der Waals surface area contributed by atoms with Gasteiger partial charge in [-0.1, -0.05) is 37.6 Å². The van der Waals surface area contributed by atoms with Crippen molar-refractivity contribution in [1.29, 1.82) is 0 Å². The van der Waals surface area contributed by atoms with Gasteiger partial charge in [0.05, 0.1) is 0 Å². The fourth-order valence-corrected chi connectivity index (χ4v) is 9.08. The third kappa shape index (κ3) is 3.92. The first-order chi connectivity index (χ1) is 16.3. The molecule has 5 rings (SSSR count). The van der Waals surface area contributed by atoms with Crippen molar-refractivity contribution in [1.82, 2.24) is 4.90 Å². The zero-order valence-electron chi connectivity index (χ0n) is 22.0. The van der Waals surface area contributed by atoms with Crippen LogP contribution in [0.3, 0.4) is 0 Å². The number of fused-ring (bicyclic) bond motifs is 5. The molecule has 6 unspecified atom stereocenters. The van der Waals surface area contributed by atoms with Crippen molar-refractivity contribution in [3.05, 3.63) is 23.8 Å². The molecule has 34 heavy (non-hydrogen) atoms. The van der Waals surface area contributed by atoms with Gasteiger partial charge in [-0.15, -0.1) is 0 Å². The van der Waals surface area contributed by atoms with Crippen molar-refractivity contribution in [2.24, 2.45) is 45.2 Å². The summed E-state index contributed by atoms with van der Waals surface area (Å²) >= 11 is 0. The molecule has 0 saturated heterocycles. The van der Waals surface area contributed by atoms with E-state index >= 15 is 0 Å². The number of hydrogen-bond donors (Lipinski definition) is 1. The van der Waals surface area contributed by atoms with Crippen LogP contribution >= 0.6 is 0 Å². The van der Waals surface area contributed by atoms with Gasteiger partial charge in [0.25, 0.3) is 0 Å². The second kappa shape index (κ2) is 9.22. The summed E-state index contributed by atoms with van der Waals surface area (Å²) in [6, 6.07) is 0.402. The van der Waals surface area contributed by atoms with E-state index in [1.165, 1.54) is 69.1 Å².